The molecule has 0 amide bonds. The number of rotatable bonds is 3. The second-order valence-electron chi connectivity index (χ2n) is 9.57. The van der Waals surface area contributed by atoms with Crippen LogP contribution in [-0.4, -0.2) is 9.97 Å². The van der Waals surface area contributed by atoms with Gasteiger partial charge in [0.1, 0.15) is 0 Å². The first kappa shape index (κ1) is 21.5. The van der Waals surface area contributed by atoms with Gasteiger partial charge in [-0.1, -0.05) is 121 Å². The standard InChI is InChI=1S/C35H24N2/c1-23-9-11-26(12-10-23)32-21-19-28-17-18-29-20-22-33(37-35(29)34(28)36-32)27-15-13-25(14-16-27)31-8-4-6-24-5-2-3-7-30(24)31/h2-22H,1H3. The van der Waals surface area contributed by atoms with Crippen LogP contribution in [0.25, 0.3) is 66.2 Å². The number of pyridine rings is 2. The third-order valence-corrected chi connectivity index (χ3v) is 7.15. The van der Waals surface area contributed by atoms with Crippen LogP contribution in [0.15, 0.2) is 127 Å². The van der Waals surface area contributed by atoms with E-state index in [-0.39, 0.29) is 0 Å². The van der Waals surface area contributed by atoms with E-state index in [0.717, 1.165) is 44.3 Å². The molecule has 2 heteroatoms. The zero-order valence-electron chi connectivity index (χ0n) is 20.5. The molecule has 0 spiro atoms. The van der Waals surface area contributed by atoms with E-state index in [9.17, 15) is 0 Å². The summed E-state index contributed by atoms with van der Waals surface area (Å²) in [5, 5.41) is 4.71. The summed E-state index contributed by atoms with van der Waals surface area (Å²) in [6, 6.07) is 45.0. The van der Waals surface area contributed by atoms with Gasteiger partial charge in [-0.25, -0.2) is 9.97 Å². The summed E-state index contributed by atoms with van der Waals surface area (Å²) in [5.74, 6) is 0. The molecule has 2 nitrogen and oxygen atoms in total. The van der Waals surface area contributed by atoms with Crippen molar-refractivity contribution in [3.05, 3.63) is 133 Å². The lowest BCUT2D eigenvalue weighted by Gasteiger charge is -2.10. The molecule has 37 heavy (non-hydrogen) atoms. The van der Waals surface area contributed by atoms with Crippen molar-refractivity contribution >= 4 is 32.6 Å². The topological polar surface area (TPSA) is 25.8 Å². The lowest BCUT2D eigenvalue weighted by atomic mass is 9.97. The van der Waals surface area contributed by atoms with Gasteiger partial charge in [-0.3, -0.25) is 0 Å². The highest BCUT2D eigenvalue weighted by atomic mass is 14.8. The number of fused-ring (bicyclic) bond motifs is 4. The van der Waals surface area contributed by atoms with Gasteiger partial charge in [0.15, 0.2) is 0 Å². The third-order valence-electron chi connectivity index (χ3n) is 7.15. The number of hydrogen-bond acceptors (Lipinski definition) is 2. The lowest BCUT2D eigenvalue weighted by Crippen LogP contribution is -1.91. The molecule has 0 N–H and O–H groups in total. The Kier molecular flexibility index (Phi) is 5.04. The fourth-order valence-corrected chi connectivity index (χ4v) is 5.11. The predicted octanol–water partition coefficient (Wildman–Crippen LogP) is 9.25. The smallest absolute Gasteiger partial charge is 0.0972 e. The molecule has 2 aromatic heterocycles. The van der Waals surface area contributed by atoms with Gasteiger partial charge >= 0.3 is 0 Å². The van der Waals surface area contributed by atoms with E-state index < -0.39 is 0 Å². The van der Waals surface area contributed by atoms with E-state index in [1.807, 2.05) is 0 Å². The highest BCUT2D eigenvalue weighted by Gasteiger charge is 2.10. The molecule has 0 atom stereocenters. The number of hydrogen-bond donors (Lipinski definition) is 0. The van der Waals surface area contributed by atoms with E-state index in [1.54, 1.807) is 0 Å². The molecular weight excluding hydrogens is 448 g/mol. The number of nitrogens with zero attached hydrogens (tertiary/aromatic N) is 2. The summed E-state index contributed by atoms with van der Waals surface area (Å²) < 4.78 is 0. The van der Waals surface area contributed by atoms with E-state index in [1.165, 1.54) is 27.5 Å². The zero-order valence-corrected chi connectivity index (χ0v) is 20.5. The number of aromatic nitrogens is 2. The Bertz CT molecular complexity index is 1910. The van der Waals surface area contributed by atoms with Gasteiger partial charge in [0, 0.05) is 21.9 Å². The second-order valence-corrected chi connectivity index (χ2v) is 9.57. The summed E-state index contributed by atoms with van der Waals surface area (Å²) >= 11 is 0. The number of aryl methyl sites for hydroxylation is 1. The summed E-state index contributed by atoms with van der Waals surface area (Å²) in [6.45, 7) is 2.10. The van der Waals surface area contributed by atoms with Gasteiger partial charge in [-0.15, -0.1) is 0 Å². The molecule has 7 aromatic rings. The fraction of sp³-hybridized carbons (Fsp3) is 0.0286. The van der Waals surface area contributed by atoms with Crippen LogP contribution in [0.4, 0.5) is 0 Å². The average Bonchev–Trinajstić information content (AvgIpc) is 2.97. The second kappa shape index (κ2) is 8.69. The third kappa shape index (κ3) is 3.84. The molecule has 0 aliphatic carbocycles. The molecule has 5 aromatic carbocycles. The van der Waals surface area contributed by atoms with Gasteiger partial charge in [0.25, 0.3) is 0 Å². The number of benzene rings is 5. The maximum atomic E-state index is 5.11. The van der Waals surface area contributed by atoms with Crippen molar-refractivity contribution in [1.82, 2.24) is 9.97 Å². The largest absolute Gasteiger partial charge is 0.245 e. The molecule has 174 valence electrons. The molecule has 0 aliphatic rings. The summed E-state index contributed by atoms with van der Waals surface area (Å²) in [5.41, 5.74) is 9.69. The monoisotopic (exact) mass is 472 g/mol. The molecular formula is C35H24N2. The van der Waals surface area contributed by atoms with Crippen molar-refractivity contribution in [1.29, 1.82) is 0 Å². The first-order valence-electron chi connectivity index (χ1n) is 12.6. The summed E-state index contributed by atoms with van der Waals surface area (Å²) in [7, 11) is 0. The van der Waals surface area contributed by atoms with Crippen LogP contribution in [0.3, 0.4) is 0 Å². The van der Waals surface area contributed by atoms with Gasteiger partial charge in [-0.05, 0) is 41.0 Å². The normalized spacial score (nSPS) is 11.4. The van der Waals surface area contributed by atoms with Gasteiger partial charge < -0.3 is 0 Å². The van der Waals surface area contributed by atoms with E-state index in [0.29, 0.717) is 0 Å². The van der Waals surface area contributed by atoms with E-state index in [4.69, 9.17) is 9.97 Å². The first-order chi connectivity index (χ1) is 18.2. The van der Waals surface area contributed by atoms with Gasteiger partial charge in [0.2, 0.25) is 0 Å². The molecule has 7 rings (SSSR count). The Balaban J connectivity index is 1.32. The Morgan fingerprint density at radius 3 is 1.57 bits per heavy atom. The Labute approximate surface area is 215 Å². The molecule has 0 fully saturated rings. The molecule has 0 saturated carbocycles. The maximum absolute atomic E-state index is 5.11. The summed E-state index contributed by atoms with van der Waals surface area (Å²) in [6.07, 6.45) is 0. The van der Waals surface area contributed by atoms with Crippen molar-refractivity contribution < 1.29 is 0 Å². The molecule has 0 unspecified atom stereocenters. The summed E-state index contributed by atoms with van der Waals surface area (Å²) in [4.78, 5) is 10.2. The minimum atomic E-state index is 0.932. The molecule has 0 bridgehead atoms. The van der Waals surface area contributed by atoms with E-state index >= 15 is 0 Å². The van der Waals surface area contributed by atoms with Crippen molar-refractivity contribution in [3.63, 3.8) is 0 Å². The van der Waals surface area contributed by atoms with Crippen molar-refractivity contribution in [3.8, 4) is 33.6 Å². The van der Waals surface area contributed by atoms with Crippen LogP contribution in [-0.2, 0) is 0 Å². The molecule has 0 saturated heterocycles. The van der Waals surface area contributed by atoms with Crippen molar-refractivity contribution in [2.24, 2.45) is 0 Å². The highest BCUT2D eigenvalue weighted by Crippen LogP contribution is 2.32. The SMILES string of the molecule is Cc1ccc(-c2ccc3ccc4ccc(-c5ccc(-c6cccc7ccccc67)cc5)nc4c3n2)cc1. The zero-order chi connectivity index (χ0) is 24.8. The average molecular weight is 473 g/mol. The van der Waals surface area contributed by atoms with Crippen LogP contribution in [0.5, 0.6) is 0 Å². The van der Waals surface area contributed by atoms with Gasteiger partial charge in [0.05, 0.1) is 22.4 Å². The maximum Gasteiger partial charge on any atom is 0.0972 e. The van der Waals surface area contributed by atoms with Gasteiger partial charge in [-0.2, -0.15) is 0 Å². The van der Waals surface area contributed by atoms with Crippen LogP contribution in [0.1, 0.15) is 5.56 Å². The molecule has 0 aliphatic heterocycles. The van der Waals surface area contributed by atoms with Crippen LogP contribution in [0, 0.1) is 6.92 Å². The Morgan fingerprint density at radius 2 is 0.919 bits per heavy atom. The lowest BCUT2D eigenvalue weighted by molar-refractivity contribution is 1.36. The van der Waals surface area contributed by atoms with Crippen molar-refractivity contribution in [2.45, 2.75) is 6.92 Å². The van der Waals surface area contributed by atoms with Crippen molar-refractivity contribution in [2.75, 3.05) is 0 Å². The quantitative estimate of drug-likeness (QED) is 0.240. The van der Waals surface area contributed by atoms with E-state index in [2.05, 4.69) is 134 Å². The fourth-order valence-electron chi connectivity index (χ4n) is 5.11. The molecule has 0 radical (unpaired) electrons. The van der Waals surface area contributed by atoms with Crippen LogP contribution in [0.2, 0.25) is 0 Å². The first-order valence-corrected chi connectivity index (χ1v) is 12.6. The Morgan fingerprint density at radius 1 is 0.405 bits per heavy atom. The molecule has 2 heterocycles. The highest BCUT2D eigenvalue weighted by molar-refractivity contribution is 6.04. The van der Waals surface area contributed by atoms with Crippen LogP contribution < -0.4 is 0 Å². The minimum Gasteiger partial charge on any atom is -0.245 e. The van der Waals surface area contributed by atoms with Crippen LogP contribution >= 0.6 is 0 Å². The Hall–Kier alpha value is -4.82. The minimum absolute atomic E-state index is 0.932. The predicted molar refractivity (Wildman–Crippen MR) is 156 cm³/mol.